The smallest absolute Gasteiger partial charge is 0.338 e. The summed E-state index contributed by atoms with van der Waals surface area (Å²) in [7, 11) is 3.14. The number of ether oxygens (including phenoxy) is 1. The van der Waals surface area contributed by atoms with Crippen molar-refractivity contribution in [2.75, 3.05) is 26.0 Å². The van der Waals surface area contributed by atoms with Gasteiger partial charge in [0.2, 0.25) is 0 Å². The van der Waals surface area contributed by atoms with Crippen LogP contribution in [0.5, 0.6) is 0 Å². The molecule has 0 atom stereocenters. The number of anilines is 1. The molecule has 0 bridgehead atoms. The predicted molar refractivity (Wildman–Crippen MR) is 80.9 cm³/mol. The van der Waals surface area contributed by atoms with Crippen LogP contribution in [-0.2, 0) is 16.1 Å². The lowest BCUT2D eigenvalue weighted by atomic mass is 9.91. The summed E-state index contributed by atoms with van der Waals surface area (Å²) < 4.78 is 4.85. The van der Waals surface area contributed by atoms with Crippen LogP contribution in [0.3, 0.4) is 0 Å². The predicted octanol–water partition coefficient (Wildman–Crippen LogP) is 1.61. The maximum atomic E-state index is 12.0. The van der Waals surface area contributed by atoms with Crippen molar-refractivity contribution in [3.05, 3.63) is 27.8 Å². The summed E-state index contributed by atoms with van der Waals surface area (Å²) in [4.78, 5) is 22.6. The Morgan fingerprint density at radius 2 is 1.76 bits per heavy atom. The molecule has 6 heteroatoms. The summed E-state index contributed by atoms with van der Waals surface area (Å²) in [5.74, 6) is -1.31. The lowest BCUT2D eigenvalue weighted by Gasteiger charge is -2.21. The monoisotopic (exact) mass is 294 g/mol. The third kappa shape index (κ3) is 3.52. The molecule has 21 heavy (non-hydrogen) atoms. The molecule has 0 aromatic heterocycles. The molecule has 0 unspecified atom stereocenters. The fraction of sp³-hybridized carbons (Fsp3) is 0.467. The highest BCUT2D eigenvalue weighted by molar-refractivity contribution is 5.95. The van der Waals surface area contributed by atoms with Crippen LogP contribution in [0.15, 0.2) is 0 Å². The normalized spacial score (nSPS) is 10.3. The van der Waals surface area contributed by atoms with E-state index in [2.05, 4.69) is 10.6 Å². The van der Waals surface area contributed by atoms with Crippen LogP contribution in [0, 0.1) is 20.8 Å². The molecule has 0 spiro atoms. The number of carbonyl (C=O) groups is 2. The first-order valence-electron chi connectivity index (χ1n) is 6.66. The SMILES string of the molecule is CNc1c(C)c(CNCC(=O)O)c(C)c(C(=O)OC)c1C. The summed E-state index contributed by atoms with van der Waals surface area (Å²) in [6.45, 7) is 5.92. The average Bonchev–Trinajstić information content (AvgIpc) is 2.42. The summed E-state index contributed by atoms with van der Waals surface area (Å²) in [5.41, 5.74) is 4.95. The molecule has 0 saturated carbocycles. The van der Waals surface area contributed by atoms with Crippen LogP contribution in [0.1, 0.15) is 32.6 Å². The van der Waals surface area contributed by atoms with Gasteiger partial charge in [0.25, 0.3) is 0 Å². The van der Waals surface area contributed by atoms with Gasteiger partial charge >= 0.3 is 11.9 Å². The number of aliphatic carboxylic acids is 1. The van der Waals surface area contributed by atoms with Crippen LogP contribution in [-0.4, -0.2) is 37.7 Å². The molecule has 1 rings (SSSR count). The third-order valence-corrected chi connectivity index (χ3v) is 3.62. The molecule has 1 aromatic carbocycles. The number of hydrogen-bond acceptors (Lipinski definition) is 5. The molecule has 0 saturated heterocycles. The minimum atomic E-state index is -0.917. The number of hydrogen-bond donors (Lipinski definition) is 3. The molecule has 0 aliphatic carbocycles. The summed E-state index contributed by atoms with van der Waals surface area (Å²) >= 11 is 0. The van der Waals surface area contributed by atoms with Gasteiger partial charge in [0.1, 0.15) is 0 Å². The Morgan fingerprint density at radius 3 is 2.24 bits per heavy atom. The molecule has 6 nitrogen and oxygen atoms in total. The minimum absolute atomic E-state index is 0.130. The van der Waals surface area contributed by atoms with E-state index in [1.165, 1.54) is 7.11 Å². The van der Waals surface area contributed by atoms with E-state index in [0.29, 0.717) is 12.1 Å². The zero-order valence-electron chi connectivity index (χ0n) is 13.1. The molecule has 0 aliphatic rings. The summed E-state index contributed by atoms with van der Waals surface area (Å²) in [6.07, 6.45) is 0. The van der Waals surface area contributed by atoms with E-state index in [-0.39, 0.29) is 12.5 Å². The van der Waals surface area contributed by atoms with Gasteiger partial charge in [-0.2, -0.15) is 0 Å². The number of methoxy groups -OCH3 is 1. The number of rotatable bonds is 6. The first-order chi connectivity index (χ1) is 9.84. The van der Waals surface area contributed by atoms with E-state index in [9.17, 15) is 9.59 Å². The average molecular weight is 294 g/mol. The second kappa shape index (κ2) is 7.08. The minimum Gasteiger partial charge on any atom is -0.480 e. The molecule has 0 fully saturated rings. The van der Waals surface area contributed by atoms with Crippen molar-refractivity contribution in [3.63, 3.8) is 0 Å². The van der Waals surface area contributed by atoms with Gasteiger partial charge in [-0.3, -0.25) is 4.79 Å². The fourth-order valence-electron chi connectivity index (χ4n) is 2.61. The molecular formula is C15H22N2O4. The van der Waals surface area contributed by atoms with Crippen molar-refractivity contribution < 1.29 is 19.4 Å². The number of nitrogens with one attached hydrogen (secondary N) is 2. The van der Waals surface area contributed by atoms with Crippen molar-refractivity contribution in [2.24, 2.45) is 0 Å². The Labute approximate surface area is 124 Å². The van der Waals surface area contributed by atoms with E-state index >= 15 is 0 Å². The second-order valence-corrected chi connectivity index (χ2v) is 4.84. The van der Waals surface area contributed by atoms with E-state index in [1.807, 2.05) is 20.8 Å². The van der Waals surface area contributed by atoms with E-state index in [0.717, 1.165) is 27.9 Å². The van der Waals surface area contributed by atoms with Crippen LogP contribution in [0.25, 0.3) is 0 Å². The van der Waals surface area contributed by atoms with Crippen molar-refractivity contribution in [1.29, 1.82) is 0 Å². The Hall–Kier alpha value is -2.08. The van der Waals surface area contributed by atoms with Crippen molar-refractivity contribution >= 4 is 17.6 Å². The van der Waals surface area contributed by atoms with Gasteiger partial charge in [-0.25, -0.2) is 4.79 Å². The second-order valence-electron chi connectivity index (χ2n) is 4.84. The van der Waals surface area contributed by atoms with Crippen LogP contribution >= 0.6 is 0 Å². The van der Waals surface area contributed by atoms with Crippen LogP contribution in [0.4, 0.5) is 5.69 Å². The topological polar surface area (TPSA) is 87.7 Å². The number of carbonyl (C=O) groups excluding carboxylic acids is 1. The quantitative estimate of drug-likeness (QED) is 0.691. The number of esters is 1. The highest BCUT2D eigenvalue weighted by Crippen LogP contribution is 2.31. The van der Waals surface area contributed by atoms with Crippen molar-refractivity contribution in [1.82, 2.24) is 5.32 Å². The first-order valence-corrected chi connectivity index (χ1v) is 6.66. The van der Waals surface area contributed by atoms with Gasteiger partial charge in [-0.05, 0) is 43.0 Å². The van der Waals surface area contributed by atoms with E-state index in [4.69, 9.17) is 9.84 Å². The lowest BCUT2D eigenvalue weighted by Crippen LogP contribution is -2.24. The van der Waals surface area contributed by atoms with Crippen LogP contribution in [0.2, 0.25) is 0 Å². The standard InChI is InChI=1S/C15H22N2O4/c1-8-11(6-17-7-12(18)19)9(2)14(16-4)10(3)13(8)15(20)21-5/h16-17H,6-7H2,1-5H3,(H,18,19). The number of benzene rings is 1. The van der Waals surface area contributed by atoms with Gasteiger partial charge in [0, 0.05) is 19.3 Å². The Kier molecular flexibility index (Phi) is 5.72. The van der Waals surface area contributed by atoms with Gasteiger partial charge in [-0.15, -0.1) is 0 Å². The molecule has 0 heterocycles. The van der Waals surface area contributed by atoms with Crippen LogP contribution < -0.4 is 10.6 Å². The van der Waals surface area contributed by atoms with Gasteiger partial charge in [-0.1, -0.05) is 0 Å². The van der Waals surface area contributed by atoms with Crippen molar-refractivity contribution in [3.8, 4) is 0 Å². The zero-order chi connectivity index (χ0) is 16.2. The Balaban J connectivity index is 3.35. The van der Waals surface area contributed by atoms with Gasteiger partial charge in [0.15, 0.2) is 0 Å². The first kappa shape index (κ1) is 17.0. The van der Waals surface area contributed by atoms with Gasteiger partial charge < -0.3 is 20.5 Å². The lowest BCUT2D eigenvalue weighted by molar-refractivity contribution is -0.136. The number of carboxylic acid groups (broad SMARTS) is 1. The Bertz CT molecular complexity index is 568. The van der Waals surface area contributed by atoms with E-state index in [1.54, 1.807) is 7.05 Å². The Morgan fingerprint density at radius 1 is 1.14 bits per heavy atom. The molecule has 1 aromatic rings. The highest BCUT2D eigenvalue weighted by atomic mass is 16.5. The molecule has 3 N–H and O–H groups in total. The summed E-state index contributed by atoms with van der Waals surface area (Å²) in [5, 5.41) is 14.7. The molecule has 0 radical (unpaired) electrons. The fourth-order valence-corrected chi connectivity index (χ4v) is 2.61. The number of carboxylic acids is 1. The molecule has 0 aliphatic heterocycles. The third-order valence-electron chi connectivity index (χ3n) is 3.62. The largest absolute Gasteiger partial charge is 0.480 e. The molecule has 116 valence electrons. The maximum Gasteiger partial charge on any atom is 0.338 e. The zero-order valence-corrected chi connectivity index (χ0v) is 13.1. The molecule has 0 amide bonds. The van der Waals surface area contributed by atoms with Crippen molar-refractivity contribution in [2.45, 2.75) is 27.3 Å². The molecular weight excluding hydrogens is 272 g/mol. The maximum absolute atomic E-state index is 12.0. The summed E-state index contributed by atoms with van der Waals surface area (Å²) in [6, 6.07) is 0. The van der Waals surface area contributed by atoms with E-state index < -0.39 is 5.97 Å². The van der Waals surface area contributed by atoms with Gasteiger partial charge in [0.05, 0.1) is 19.2 Å². The highest BCUT2D eigenvalue weighted by Gasteiger charge is 2.21.